The molecule has 0 aliphatic carbocycles. The Morgan fingerprint density at radius 3 is 3.00 bits per heavy atom. The molecule has 98 valence electrons. The van der Waals surface area contributed by atoms with E-state index in [2.05, 4.69) is 17.6 Å². The largest absolute Gasteiger partial charge is 0.326 e. The van der Waals surface area contributed by atoms with Crippen LogP contribution in [0.15, 0.2) is 18.2 Å². The van der Waals surface area contributed by atoms with Gasteiger partial charge in [0.25, 0.3) is 0 Å². The first-order valence-corrected chi connectivity index (χ1v) is 6.43. The smallest absolute Gasteiger partial charge is 0.227 e. The van der Waals surface area contributed by atoms with Crippen molar-refractivity contribution >= 4 is 23.2 Å². The van der Waals surface area contributed by atoms with Gasteiger partial charge >= 0.3 is 0 Å². The average molecular weight is 271 g/mol. The van der Waals surface area contributed by atoms with Crippen molar-refractivity contribution in [3.63, 3.8) is 0 Å². The maximum absolute atomic E-state index is 13.0. The van der Waals surface area contributed by atoms with E-state index < -0.39 is 5.82 Å². The Morgan fingerprint density at radius 2 is 2.33 bits per heavy atom. The van der Waals surface area contributed by atoms with Crippen LogP contribution in [0.5, 0.6) is 0 Å². The first-order valence-electron chi connectivity index (χ1n) is 6.05. The molecule has 5 heteroatoms. The van der Waals surface area contributed by atoms with E-state index in [1.807, 2.05) is 0 Å². The Kier molecular flexibility index (Phi) is 4.19. The summed E-state index contributed by atoms with van der Waals surface area (Å²) in [6.07, 6.45) is 1.64. The third kappa shape index (κ3) is 3.21. The fraction of sp³-hybridized carbons (Fsp3) is 0.462. The first kappa shape index (κ1) is 13.3. The zero-order valence-electron chi connectivity index (χ0n) is 10.2. The number of anilines is 1. The van der Waals surface area contributed by atoms with Gasteiger partial charge in [-0.25, -0.2) is 4.39 Å². The summed E-state index contributed by atoms with van der Waals surface area (Å²) in [6, 6.07) is 4.55. The number of piperidine rings is 1. The summed E-state index contributed by atoms with van der Waals surface area (Å²) < 4.78 is 13.0. The lowest BCUT2D eigenvalue weighted by molar-refractivity contribution is -0.120. The second-order valence-corrected chi connectivity index (χ2v) is 5.10. The third-order valence-corrected chi connectivity index (χ3v) is 3.47. The van der Waals surface area contributed by atoms with E-state index in [0.717, 1.165) is 19.4 Å². The summed E-state index contributed by atoms with van der Waals surface area (Å²) in [7, 11) is 0. The van der Waals surface area contributed by atoms with Crippen LogP contribution >= 0.6 is 11.6 Å². The van der Waals surface area contributed by atoms with Gasteiger partial charge in [-0.05, 0) is 44.5 Å². The van der Waals surface area contributed by atoms with Crippen molar-refractivity contribution in [2.45, 2.75) is 25.8 Å². The van der Waals surface area contributed by atoms with Crippen molar-refractivity contribution in [3.05, 3.63) is 29.0 Å². The van der Waals surface area contributed by atoms with Gasteiger partial charge in [0.05, 0.1) is 5.02 Å². The number of carbonyl (C=O) groups excluding carboxylic acids is 1. The van der Waals surface area contributed by atoms with Crippen LogP contribution in [0.25, 0.3) is 0 Å². The highest BCUT2D eigenvalue weighted by atomic mass is 35.5. The summed E-state index contributed by atoms with van der Waals surface area (Å²) in [5, 5.41) is 6.10. The van der Waals surface area contributed by atoms with E-state index in [0.29, 0.717) is 11.7 Å². The highest BCUT2D eigenvalue weighted by Gasteiger charge is 2.24. The Balaban J connectivity index is 2.00. The van der Waals surface area contributed by atoms with Gasteiger partial charge in [0.15, 0.2) is 0 Å². The lowest BCUT2D eigenvalue weighted by atomic mass is 9.92. The molecular weight excluding hydrogens is 255 g/mol. The minimum Gasteiger partial charge on any atom is -0.326 e. The molecule has 1 aliphatic heterocycles. The highest BCUT2D eigenvalue weighted by molar-refractivity contribution is 6.31. The van der Waals surface area contributed by atoms with Crippen molar-refractivity contribution in [1.29, 1.82) is 0 Å². The van der Waals surface area contributed by atoms with Crippen LogP contribution in [0, 0.1) is 11.7 Å². The third-order valence-electron chi connectivity index (χ3n) is 3.18. The molecule has 1 heterocycles. The summed E-state index contributed by atoms with van der Waals surface area (Å²) in [4.78, 5) is 12.0. The first-order chi connectivity index (χ1) is 8.56. The second kappa shape index (κ2) is 5.67. The molecule has 3 nitrogen and oxygen atoms in total. The van der Waals surface area contributed by atoms with Crippen molar-refractivity contribution in [1.82, 2.24) is 5.32 Å². The van der Waals surface area contributed by atoms with Crippen LogP contribution in [0.3, 0.4) is 0 Å². The normalized spacial score (nSPS) is 23.7. The van der Waals surface area contributed by atoms with Crippen LogP contribution < -0.4 is 10.6 Å². The van der Waals surface area contributed by atoms with Crippen molar-refractivity contribution < 1.29 is 9.18 Å². The van der Waals surface area contributed by atoms with Gasteiger partial charge in [0, 0.05) is 17.6 Å². The Labute approximate surface area is 111 Å². The summed E-state index contributed by atoms with van der Waals surface area (Å²) >= 11 is 5.67. The zero-order chi connectivity index (χ0) is 13.1. The zero-order valence-corrected chi connectivity index (χ0v) is 10.9. The lowest BCUT2D eigenvalue weighted by Crippen LogP contribution is -2.40. The number of rotatable bonds is 2. The van der Waals surface area contributed by atoms with Gasteiger partial charge in [-0.1, -0.05) is 11.6 Å². The van der Waals surface area contributed by atoms with Crippen LogP contribution in [0.2, 0.25) is 5.02 Å². The number of carbonyl (C=O) groups is 1. The number of halogens is 2. The van der Waals surface area contributed by atoms with Crippen LogP contribution in [0.1, 0.15) is 19.8 Å². The minimum atomic E-state index is -0.481. The van der Waals surface area contributed by atoms with Crippen molar-refractivity contribution in [2.24, 2.45) is 5.92 Å². The van der Waals surface area contributed by atoms with Gasteiger partial charge in [0.2, 0.25) is 5.91 Å². The van der Waals surface area contributed by atoms with Crippen LogP contribution in [-0.2, 0) is 4.79 Å². The van der Waals surface area contributed by atoms with Gasteiger partial charge in [0.1, 0.15) is 5.82 Å². The lowest BCUT2D eigenvalue weighted by Gasteiger charge is -2.27. The minimum absolute atomic E-state index is 0.00470. The molecule has 18 heavy (non-hydrogen) atoms. The van der Waals surface area contributed by atoms with Gasteiger partial charge in [-0.15, -0.1) is 0 Å². The molecule has 1 amide bonds. The second-order valence-electron chi connectivity index (χ2n) is 4.69. The Hall–Kier alpha value is -1.13. The summed E-state index contributed by atoms with van der Waals surface area (Å²) in [6.45, 7) is 2.91. The topological polar surface area (TPSA) is 41.1 Å². The fourth-order valence-electron chi connectivity index (χ4n) is 2.19. The number of nitrogens with one attached hydrogen (secondary N) is 2. The summed E-state index contributed by atoms with van der Waals surface area (Å²) in [5.41, 5.74) is 0.539. The monoisotopic (exact) mass is 270 g/mol. The molecule has 0 aromatic heterocycles. The molecule has 1 aromatic carbocycles. The van der Waals surface area contributed by atoms with E-state index in [4.69, 9.17) is 11.6 Å². The highest BCUT2D eigenvalue weighted by Crippen LogP contribution is 2.22. The van der Waals surface area contributed by atoms with Crippen LogP contribution in [0.4, 0.5) is 10.1 Å². The maximum atomic E-state index is 13.0. The number of hydrogen-bond acceptors (Lipinski definition) is 2. The molecule has 2 atom stereocenters. The maximum Gasteiger partial charge on any atom is 0.227 e. The van der Waals surface area contributed by atoms with Crippen LogP contribution in [-0.4, -0.2) is 18.5 Å². The molecule has 1 aliphatic rings. The number of hydrogen-bond donors (Lipinski definition) is 2. The van der Waals surface area contributed by atoms with Gasteiger partial charge < -0.3 is 10.6 Å². The predicted molar refractivity (Wildman–Crippen MR) is 70.2 cm³/mol. The molecule has 1 fully saturated rings. The van der Waals surface area contributed by atoms with Crippen molar-refractivity contribution in [2.75, 3.05) is 11.9 Å². The Bertz CT molecular complexity index is 453. The molecule has 0 spiro atoms. The molecular formula is C13H16ClFN2O. The molecule has 0 bridgehead atoms. The molecule has 0 radical (unpaired) electrons. The molecule has 2 rings (SSSR count). The van der Waals surface area contributed by atoms with E-state index in [1.165, 1.54) is 18.2 Å². The Morgan fingerprint density at radius 1 is 1.56 bits per heavy atom. The molecule has 2 unspecified atom stereocenters. The quantitative estimate of drug-likeness (QED) is 0.868. The van der Waals surface area contributed by atoms with E-state index >= 15 is 0 Å². The van der Waals surface area contributed by atoms with E-state index in [1.54, 1.807) is 0 Å². The SMILES string of the molecule is CC1CC(C(=O)Nc2ccc(F)c(Cl)c2)CCN1. The van der Waals surface area contributed by atoms with Gasteiger partial charge in [-0.2, -0.15) is 0 Å². The van der Waals surface area contributed by atoms with Gasteiger partial charge in [-0.3, -0.25) is 4.79 Å². The standard InChI is InChI=1S/C13H16ClFN2O/c1-8-6-9(4-5-16-8)13(18)17-10-2-3-12(15)11(14)7-10/h2-3,7-9,16H,4-6H2,1H3,(H,17,18). The average Bonchev–Trinajstić information content (AvgIpc) is 2.34. The fourth-order valence-corrected chi connectivity index (χ4v) is 2.37. The number of amides is 1. The predicted octanol–water partition coefficient (Wildman–Crippen LogP) is 2.81. The van der Waals surface area contributed by atoms with Crippen molar-refractivity contribution in [3.8, 4) is 0 Å². The molecule has 1 aromatic rings. The summed E-state index contributed by atoms with van der Waals surface area (Å²) in [5.74, 6) is -0.499. The number of benzene rings is 1. The van der Waals surface area contributed by atoms with E-state index in [-0.39, 0.29) is 16.8 Å². The molecule has 0 saturated carbocycles. The molecule has 2 N–H and O–H groups in total. The van der Waals surface area contributed by atoms with E-state index in [9.17, 15) is 9.18 Å². The molecule has 1 saturated heterocycles.